The zero-order valence-corrected chi connectivity index (χ0v) is 9.90. The molecule has 1 aliphatic rings. The molecule has 0 radical (unpaired) electrons. The number of anilines is 1. The third-order valence-electron chi connectivity index (χ3n) is 3.05. The molecule has 1 atom stereocenters. The molecule has 1 aliphatic heterocycles. The van der Waals surface area contributed by atoms with Crippen LogP contribution in [0.25, 0.3) is 0 Å². The van der Waals surface area contributed by atoms with Crippen LogP contribution >= 0.6 is 0 Å². The van der Waals surface area contributed by atoms with Crippen LogP contribution < -0.4 is 5.32 Å². The second-order valence-electron chi connectivity index (χ2n) is 4.05. The Kier molecular flexibility index (Phi) is 3.02. The van der Waals surface area contributed by atoms with E-state index in [1.165, 1.54) is 7.11 Å². The predicted molar refractivity (Wildman–Crippen MR) is 64.0 cm³/mol. The maximum absolute atomic E-state index is 12.4. The number of nitrogens with one attached hydrogen (secondary N) is 1. The zero-order chi connectivity index (χ0) is 13.2. The van der Waals surface area contributed by atoms with E-state index in [0.717, 1.165) is 0 Å². The molecule has 1 aromatic carbocycles. The van der Waals surface area contributed by atoms with Crippen molar-refractivity contribution in [3.63, 3.8) is 0 Å². The molecule has 1 aromatic rings. The summed E-state index contributed by atoms with van der Waals surface area (Å²) in [6.07, 6.45) is 0.200. The van der Waals surface area contributed by atoms with Crippen molar-refractivity contribution in [3.05, 3.63) is 29.8 Å². The minimum Gasteiger partial charge on any atom is -0.467 e. The smallest absolute Gasteiger partial charge is 0.339 e. The normalized spacial score (nSPS) is 20.8. The standard InChI is InChI=1S/C13H12N2O3/c1-18-12(17)13(7-4-8-14)11(16)9-5-2-3-6-10(9)15-13/h2-3,5-6,15H,4,7H2,1H3. The van der Waals surface area contributed by atoms with E-state index < -0.39 is 11.5 Å². The number of nitrogens with zero attached hydrogens (tertiary/aromatic N) is 1. The van der Waals surface area contributed by atoms with Gasteiger partial charge in [-0.25, -0.2) is 4.79 Å². The largest absolute Gasteiger partial charge is 0.467 e. The summed E-state index contributed by atoms with van der Waals surface area (Å²) >= 11 is 0. The summed E-state index contributed by atoms with van der Waals surface area (Å²) in [4.78, 5) is 24.3. The van der Waals surface area contributed by atoms with E-state index in [0.29, 0.717) is 11.3 Å². The van der Waals surface area contributed by atoms with Crippen molar-refractivity contribution in [3.8, 4) is 6.07 Å². The van der Waals surface area contributed by atoms with Crippen LogP contribution in [0, 0.1) is 11.3 Å². The number of methoxy groups -OCH3 is 1. The Balaban J connectivity index is 2.44. The number of para-hydroxylation sites is 1. The lowest BCUT2D eigenvalue weighted by Crippen LogP contribution is -2.50. The van der Waals surface area contributed by atoms with Crippen molar-refractivity contribution in [2.45, 2.75) is 18.4 Å². The molecule has 0 saturated carbocycles. The first-order valence-electron chi connectivity index (χ1n) is 5.53. The summed E-state index contributed by atoms with van der Waals surface area (Å²) in [6.45, 7) is 0. The number of ether oxygens (including phenoxy) is 1. The van der Waals surface area contributed by atoms with Gasteiger partial charge >= 0.3 is 5.97 Å². The highest BCUT2D eigenvalue weighted by atomic mass is 16.5. The van der Waals surface area contributed by atoms with Crippen molar-refractivity contribution >= 4 is 17.4 Å². The molecule has 1 N–H and O–H groups in total. The van der Waals surface area contributed by atoms with Gasteiger partial charge in [-0.05, 0) is 12.1 Å². The number of rotatable bonds is 3. The number of ketones is 1. The molecule has 0 fully saturated rings. The summed E-state index contributed by atoms with van der Waals surface area (Å²) in [6, 6.07) is 8.83. The first-order valence-corrected chi connectivity index (χ1v) is 5.53. The average Bonchev–Trinajstić information content (AvgIpc) is 2.70. The van der Waals surface area contributed by atoms with E-state index in [-0.39, 0.29) is 18.6 Å². The molecule has 0 bridgehead atoms. The van der Waals surface area contributed by atoms with Gasteiger partial charge < -0.3 is 10.1 Å². The molecule has 0 spiro atoms. The SMILES string of the molecule is COC(=O)C1(CCC#N)Nc2ccccc2C1=O. The van der Waals surface area contributed by atoms with E-state index in [9.17, 15) is 9.59 Å². The highest BCUT2D eigenvalue weighted by molar-refractivity contribution is 6.24. The van der Waals surface area contributed by atoms with Crippen LogP contribution in [0.2, 0.25) is 0 Å². The van der Waals surface area contributed by atoms with E-state index >= 15 is 0 Å². The predicted octanol–water partition coefficient (Wildman–Crippen LogP) is 1.51. The number of benzene rings is 1. The molecular formula is C13H12N2O3. The van der Waals surface area contributed by atoms with Crippen LogP contribution in [0.5, 0.6) is 0 Å². The van der Waals surface area contributed by atoms with E-state index in [4.69, 9.17) is 10.00 Å². The van der Waals surface area contributed by atoms with Crippen molar-refractivity contribution in [1.29, 1.82) is 5.26 Å². The van der Waals surface area contributed by atoms with Gasteiger partial charge in [-0.15, -0.1) is 0 Å². The second kappa shape index (κ2) is 4.49. The first-order chi connectivity index (χ1) is 8.65. The number of Topliss-reactive ketones (excluding diaryl/α,β-unsaturated/α-hetero) is 1. The summed E-state index contributed by atoms with van der Waals surface area (Å²) < 4.78 is 4.70. The number of carbonyl (C=O) groups is 2. The molecular weight excluding hydrogens is 232 g/mol. The van der Waals surface area contributed by atoms with Gasteiger partial charge in [-0.1, -0.05) is 12.1 Å². The van der Waals surface area contributed by atoms with E-state index in [2.05, 4.69) is 5.32 Å². The van der Waals surface area contributed by atoms with Crippen LogP contribution in [0.1, 0.15) is 23.2 Å². The van der Waals surface area contributed by atoms with Gasteiger partial charge in [0.25, 0.3) is 0 Å². The Labute approximate surface area is 104 Å². The van der Waals surface area contributed by atoms with Gasteiger partial charge in [0.1, 0.15) is 0 Å². The molecule has 1 heterocycles. The monoisotopic (exact) mass is 244 g/mol. The van der Waals surface area contributed by atoms with Crippen LogP contribution in [0.4, 0.5) is 5.69 Å². The van der Waals surface area contributed by atoms with Gasteiger partial charge in [0.15, 0.2) is 0 Å². The number of carbonyl (C=O) groups excluding carboxylic acids is 2. The van der Waals surface area contributed by atoms with Crippen LogP contribution in [-0.2, 0) is 9.53 Å². The zero-order valence-electron chi connectivity index (χ0n) is 9.90. The maximum Gasteiger partial charge on any atom is 0.339 e. The molecule has 0 saturated heterocycles. The minimum atomic E-state index is -1.45. The summed E-state index contributed by atoms with van der Waals surface area (Å²) in [5.41, 5.74) is -0.388. The Hall–Kier alpha value is -2.35. The molecule has 18 heavy (non-hydrogen) atoms. The molecule has 5 nitrogen and oxygen atoms in total. The Morgan fingerprint density at radius 2 is 2.22 bits per heavy atom. The van der Waals surface area contributed by atoms with Gasteiger partial charge in [0, 0.05) is 24.1 Å². The van der Waals surface area contributed by atoms with Crippen molar-refractivity contribution in [2.75, 3.05) is 12.4 Å². The van der Waals surface area contributed by atoms with E-state index in [1.54, 1.807) is 24.3 Å². The molecule has 1 unspecified atom stereocenters. The van der Waals surface area contributed by atoms with Crippen molar-refractivity contribution in [1.82, 2.24) is 0 Å². The molecule has 0 aliphatic carbocycles. The van der Waals surface area contributed by atoms with Gasteiger partial charge in [-0.3, -0.25) is 4.79 Å². The van der Waals surface area contributed by atoms with Crippen LogP contribution in [-0.4, -0.2) is 24.4 Å². The average molecular weight is 244 g/mol. The molecule has 0 amide bonds. The molecule has 5 heteroatoms. The second-order valence-corrected chi connectivity index (χ2v) is 4.05. The minimum absolute atomic E-state index is 0.0990. The van der Waals surface area contributed by atoms with Crippen molar-refractivity contribution < 1.29 is 14.3 Å². The Morgan fingerprint density at radius 3 is 2.83 bits per heavy atom. The quantitative estimate of drug-likeness (QED) is 0.644. The summed E-state index contributed by atoms with van der Waals surface area (Å²) in [5.74, 6) is -0.987. The van der Waals surface area contributed by atoms with Gasteiger partial charge in [-0.2, -0.15) is 5.26 Å². The first kappa shape index (κ1) is 12.1. The summed E-state index contributed by atoms with van der Waals surface area (Å²) in [5, 5.41) is 11.6. The third-order valence-corrected chi connectivity index (χ3v) is 3.05. The third kappa shape index (κ3) is 1.63. The van der Waals surface area contributed by atoms with Gasteiger partial charge in [0.05, 0.1) is 13.2 Å². The van der Waals surface area contributed by atoms with Crippen LogP contribution in [0.3, 0.4) is 0 Å². The fraction of sp³-hybridized carbons (Fsp3) is 0.308. The molecule has 2 rings (SSSR count). The molecule has 0 aromatic heterocycles. The lowest BCUT2D eigenvalue weighted by atomic mass is 9.89. The number of hydrogen-bond donors (Lipinski definition) is 1. The fourth-order valence-electron chi connectivity index (χ4n) is 2.15. The molecule has 92 valence electrons. The van der Waals surface area contributed by atoms with Crippen molar-refractivity contribution in [2.24, 2.45) is 0 Å². The number of hydrogen-bond acceptors (Lipinski definition) is 5. The Bertz CT molecular complexity index is 547. The number of nitriles is 1. The number of fused-ring (bicyclic) bond motifs is 1. The van der Waals surface area contributed by atoms with E-state index in [1.807, 2.05) is 6.07 Å². The maximum atomic E-state index is 12.4. The lowest BCUT2D eigenvalue weighted by Gasteiger charge is -2.24. The number of esters is 1. The highest BCUT2D eigenvalue weighted by Gasteiger charge is 2.51. The van der Waals surface area contributed by atoms with Crippen LogP contribution in [0.15, 0.2) is 24.3 Å². The summed E-state index contributed by atoms with van der Waals surface area (Å²) in [7, 11) is 1.23. The highest BCUT2D eigenvalue weighted by Crippen LogP contribution is 2.35. The Morgan fingerprint density at radius 1 is 1.50 bits per heavy atom. The fourth-order valence-corrected chi connectivity index (χ4v) is 2.15. The topological polar surface area (TPSA) is 79.2 Å². The lowest BCUT2D eigenvalue weighted by molar-refractivity contribution is -0.144. The van der Waals surface area contributed by atoms with Gasteiger partial charge in [0.2, 0.25) is 11.3 Å².